The van der Waals surface area contributed by atoms with Crippen molar-refractivity contribution in [3.05, 3.63) is 41.0 Å². The van der Waals surface area contributed by atoms with Crippen molar-refractivity contribution in [2.75, 3.05) is 19.8 Å². The van der Waals surface area contributed by atoms with Gasteiger partial charge in [-0.3, -0.25) is 0 Å². The SMILES string of the molecule is CCOC(=O)/C=C1\COCCc2cccc(C)c21. The zero-order valence-corrected chi connectivity index (χ0v) is 10.9. The molecule has 0 fully saturated rings. The third-order valence-electron chi connectivity index (χ3n) is 3.03. The molecule has 1 aromatic carbocycles. The molecule has 0 spiro atoms. The molecule has 1 aliphatic heterocycles. The van der Waals surface area contributed by atoms with E-state index in [2.05, 4.69) is 19.1 Å². The molecule has 1 aliphatic rings. The molecular formula is C15H18O3. The molecular weight excluding hydrogens is 228 g/mol. The number of hydrogen-bond acceptors (Lipinski definition) is 3. The van der Waals surface area contributed by atoms with Crippen LogP contribution in [0.2, 0.25) is 0 Å². The maximum atomic E-state index is 11.6. The summed E-state index contributed by atoms with van der Waals surface area (Å²) in [6, 6.07) is 6.20. The first-order valence-electron chi connectivity index (χ1n) is 6.26. The van der Waals surface area contributed by atoms with E-state index in [0.29, 0.717) is 19.8 Å². The second kappa shape index (κ2) is 5.83. The maximum Gasteiger partial charge on any atom is 0.331 e. The van der Waals surface area contributed by atoms with Crippen LogP contribution in [-0.4, -0.2) is 25.8 Å². The molecule has 0 N–H and O–H groups in total. The van der Waals surface area contributed by atoms with Crippen LogP contribution in [0, 0.1) is 6.92 Å². The number of aryl methyl sites for hydroxylation is 1. The summed E-state index contributed by atoms with van der Waals surface area (Å²) in [4.78, 5) is 11.6. The zero-order valence-electron chi connectivity index (χ0n) is 10.9. The number of benzene rings is 1. The van der Waals surface area contributed by atoms with Crippen LogP contribution in [0.15, 0.2) is 24.3 Å². The number of carbonyl (C=O) groups is 1. The van der Waals surface area contributed by atoms with Gasteiger partial charge in [0.1, 0.15) is 0 Å². The van der Waals surface area contributed by atoms with Crippen LogP contribution < -0.4 is 0 Å². The normalized spacial score (nSPS) is 17.1. The van der Waals surface area contributed by atoms with Crippen LogP contribution in [-0.2, 0) is 20.7 Å². The molecule has 0 aliphatic carbocycles. The summed E-state index contributed by atoms with van der Waals surface area (Å²) in [5, 5.41) is 0. The highest BCUT2D eigenvalue weighted by atomic mass is 16.5. The van der Waals surface area contributed by atoms with E-state index >= 15 is 0 Å². The van der Waals surface area contributed by atoms with Gasteiger partial charge in [0, 0.05) is 6.08 Å². The fourth-order valence-electron chi connectivity index (χ4n) is 2.27. The number of fused-ring (bicyclic) bond motifs is 1. The number of hydrogen-bond donors (Lipinski definition) is 0. The summed E-state index contributed by atoms with van der Waals surface area (Å²) in [5.74, 6) is -0.299. The molecule has 3 nitrogen and oxygen atoms in total. The van der Waals surface area contributed by atoms with E-state index in [1.165, 1.54) is 11.1 Å². The highest BCUT2D eigenvalue weighted by Crippen LogP contribution is 2.26. The quantitative estimate of drug-likeness (QED) is 0.594. The average Bonchev–Trinajstić information content (AvgIpc) is 2.53. The van der Waals surface area contributed by atoms with Crippen molar-refractivity contribution in [3.63, 3.8) is 0 Å². The van der Waals surface area contributed by atoms with Crippen molar-refractivity contribution in [1.29, 1.82) is 0 Å². The molecule has 2 rings (SSSR count). The van der Waals surface area contributed by atoms with Crippen LogP contribution in [0.5, 0.6) is 0 Å². The molecule has 0 bridgehead atoms. The Labute approximate surface area is 107 Å². The molecule has 1 heterocycles. The van der Waals surface area contributed by atoms with Gasteiger partial charge < -0.3 is 9.47 Å². The first kappa shape index (κ1) is 12.8. The molecule has 1 aromatic rings. The number of carbonyl (C=O) groups excluding carboxylic acids is 1. The molecule has 0 aromatic heterocycles. The van der Waals surface area contributed by atoms with E-state index < -0.39 is 0 Å². The van der Waals surface area contributed by atoms with Gasteiger partial charge in [0.15, 0.2) is 0 Å². The first-order valence-corrected chi connectivity index (χ1v) is 6.26. The van der Waals surface area contributed by atoms with E-state index in [0.717, 1.165) is 17.6 Å². The minimum Gasteiger partial charge on any atom is -0.463 e. The van der Waals surface area contributed by atoms with Gasteiger partial charge in [-0.05, 0) is 42.5 Å². The molecule has 0 saturated carbocycles. The monoisotopic (exact) mass is 246 g/mol. The van der Waals surface area contributed by atoms with Crippen molar-refractivity contribution in [3.8, 4) is 0 Å². The number of rotatable bonds is 2. The zero-order chi connectivity index (χ0) is 13.0. The molecule has 18 heavy (non-hydrogen) atoms. The molecule has 0 amide bonds. The van der Waals surface area contributed by atoms with Crippen molar-refractivity contribution < 1.29 is 14.3 Å². The lowest BCUT2D eigenvalue weighted by atomic mass is 9.94. The molecule has 3 heteroatoms. The molecule has 0 radical (unpaired) electrons. The van der Waals surface area contributed by atoms with Gasteiger partial charge in [-0.15, -0.1) is 0 Å². The Morgan fingerprint density at radius 1 is 1.50 bits per heavy atom. The highest BCUT2D eigenvalue weighted by molar-refractivity contribution is 5.92. The lowest BCUT2D eigenvalue weighted by molar-refractivity contribution is -0.137. The number of ether oxygens (including phenoxy) is 2. The van der Waals surface area contributed by atoms with Crippen LogP contribution in [0.3, 0.4) is 0 Å². The third kappa shape index (κ3) is 2.79. The van der Waals surface area contributed by atoms with Gasteiger partial charge >= 0.3 is 5.97 Å². The number of esters is 1. The Morgan fingerprint density at radius 3 is 3.11 bits per heavy atom. The second-order valence-corrected chi connectivity index (χ2v) is 4.33. The Hall–Kier alpha value is -1.61. The van der Waals surface area contributed by atoms with Gasteiger partial charge in [-0.2, -0.15) is 0 Å². The van der Waals surface area contributed by atoms with Crippen LogP contribution in [0.25, 0.3) is 5.57 Å². The summed E-state index contributed by atoms with van der Waals surface area (Å²) >= 11 is 0. The van der Waals surface area contributed by atoms with Crippen molar-refractivity contribution >= 4 is 11.5 Å². The first-order chi connectivity index (χ1) is 8.72. The summed E-state index contributed by atoms with van der Waals surface area (Å²) in [6.07, 6.45) is 2.44. The van der Waals surface area contributed by atoms with E-state index in [4.69, 9.17) is 9.47 Å². The molecule has 0 saturated heterocycles. The lowest BCUT2D eigenvalue weighted by Crippen LogP contribution is -2.04. The minimum atomic E-state index is -0.299. The van der Waals surface area contributed by atoms with Crippen LogP contribution in [0.1, 0.15) is 23.6 Å². The van der Waals surface area contributed by atoms with Crippen LogP contribution in [0.4, 0.5) is 0 Å². The topological polar surface area (TPSA) is 35.5 Å². The smallest absolute Gasteiger partial charge is 0.331 e. The van der Waals surface area contributed by atoms with Crippen molar-refractivity contribution in [1.82, 2.24) is 0 Å². The average molecular weight is 246 g/mol. The summed E-state index contributed by atoms with van der Waals surface area (Å²) < 4.78 is 10.5. The summed E-state index contributed by atoms with van der Waals surface area (Å²) in [6.45, 7) is 5.42. The van der Waals surface area contributed by atoms with E-state index in [1.807, 2.05) is 6.07 Å². The molecule has 0 unspecified atom stereocenters. The summed E-state index contributed by atoms with van der Waals surface area (Å²) in [5.41, 5.74) is 4.47. The van der Waals surface area contributed by atoms with E-state index in [-0.39, 0.29) is 5.97 Å². The van der Waals surface area contributed by atoms with E-state index in [9.17, 15) is 4.79 Å². The van der Waals surface area contributed by atoms with Gasteiger partial charge in [0.2, 0.25) is 0 Å². The molecule has 0 atom stereocenters. The van der Waals surface area contributed by atoms with E-state index in [1.54, 1.807) is 13.0 Å². The maximum absolute atomic E-state index is 11.6. The Balaban J connectivity index is 2.41. The van der Waals surface area contributed by atoms with Gasteiger partial charge in [0.05, 0.1) is 19.8 Å². The van der Waals surface area contributed by atoms with Crippen molar-refractivity contribution in [2.24, 2.45) is 0 Å². The largest absolute Gasteiger partial charge is 0.463 e. The Bertz CT molecular complexity index is 475. The fraction of sp³-hybridized carbons (Fsp3) is 0.400. The molecule has 96 valence electrons. The lowest BCUT2D eigenvalue weighted by Gasteiger charge is -2.11. The third-order valence-corrected chi connectivity index (χ3v) is 3.03. The standard InChI is InChI=1S/C15H18O3/c1-3-18-14(16)9-13-10-17-8-7-12-6-4-5-11(2)15(12)13/h4-6,9H,3,7-8,10H2,1-2H3/b13-9+. The predicted octanol–water partition coefficient (Wildman–Crippen LogP) is 2.51. The Kier molecular flexibility index (Phi) is 4.15. The van der Waals surface area contributed by atoms with Gasteiger partial charge in [0.25, 0.3) is 0 Å². The minimum absolute atomic E-state index is 0.299. The second-order valence-electron chi connectivity index (χ2n) is 4.33. The van der Waals surface area contributed by atoms with Crippen molar-refractivity contribution in [2.45, 2.75) is 20.3 Å². The highest BCUT2D eigenvalue weighted by Gasteiger charge is 2.16. The summed E-state index contributed by atoms with van der Waals surface area (Å²) in [7, 11) is 0. The van der Waals surface area contributed by atoms with Gasteiger partial charge in [-0.25, -0.2) is 4.79 Å². The van der Waals surface area contributed by atoms with Gasteiger partial charge in [-0.1, -0.05) is 18.2 Å². The predicted molar refractivity (Wildman–Crippen MR) is 70.3 cm³/mol. The Morgan fingerprint density at radius 2 is 2.33 bits per heavy atom. The fourth-order valence-corrected chi connectivity index (χ4v) is 2.27. The van der Waals surface area contributed by atoms with Crippen LogP contribution >= 0.6 is 0 Å².